The Morgan fingerprint density at radius 3 is 2.69 bits per heavy atom. The summed E-state index contributed by atoms with van der Waals surface area (Å²) in [5.41, 5.74) is 2.50. The standard InChI is InChI=1S/C23H22F2N4O3/c1-4-5-19(30)17-6-12(2)15(11-26-17)14-7-13-10-27-20(8-18(13)29(3)22(14)32)28-21(31)16-9-23(16,24)25/h4,6-8,10-11,16,19,30H,1,5,9H2,2-3H3,(H,27,28,31)/t16-,19+/m1/s1. The summed E-state index contributed by atoms with van der Waals surface area (Å²) >= 11 is 0. The van der Waals surface area contributed by atoms with Gasteiger partial charge in [-0.25, -0.2) is 13.8 Å². The Morgan fingerprint density at radius 2 is 2.06 bits per heavy atom. The highest BCUT2D eigenvalue weighted by atomic mass is 19.3. The van der Waals surface area contributed by atoms with Crippen LogP contribution in [0.25, 0.3) is 22.0 Å². The van der Waals surface area contributed by atoms with Gasteiger partial charge >= 0.3 is 0 Å². The number of halogens is 2. The average Bonchev–Trinajstić information content (AvgIpc) is 3.40. The maximum Gasteiger partial charge on any atom is 0.260 e. The smallest absolute Gasteiger partial charge is 0.260 e. The van der Waals surface area contributed by atoms with E-state index in [-0.39, 0.29) is 11.4 Å². The molecule has 2 N–H and O–H groups in total. The first kappa shape index (κ1) is 21.8. The minimum absolute atomic E-state index is 0.103. The molecule has 0 bridgehead atoms. The first-order chi connectivity index (χ1) is 15.1. The van der Waals surface area contributed by atoms with Gasteiger partial charge in [0.05, 0.1) is 17.3 Å². The Labute approximate surface area is 182 Å². The molecule has 4 rings (SSSR count). The lowest BCUT2D eigenvalue weighted by Crippen LogP contribution is -2.21. The van der Waals surface area contributed by atoms with Crippen molar-refractivity contribution in [3.05, 3.63) is 64.9 Å². The Bertz CT molecular complexity index is 1300. The molecule has 0 saturated heterocycles. The Hall–Kier alpha value is -3.46. The summed E-state index contributed by atoms with van der Waals surface area (Å²) in [6.07, 6.45) is 3.76. The lowest BCUT2D eigenvalue weighted by atomic mass is 10.0. The number of pyridine rings is 3. The van der Waals surface area contributed by atoms with E-state index in [0.29, 0.717) is 34.1 Å². The number of aliphatic hydroxyl groups excluding tert-OH is 1. The van der Waals surface area contributed by atoms with Gasteiger partial charge in [-0.05, 0) is 31.0 Å². The van der Waals surface area contributed by atoms with Gasteiger partial charge in [0.15, 0.2) is 0 Å². The molecular weight excluding hydrogens is 418 g/mol. The van der Waals surface area contributed by atoms with Crippen molar-refractivity contribution in [1.82, 2.24) is 14.5 Å². The second-order valence-electron chi connectivity index (χ2n) is 8.02. The topological polar surface area (TPSA) is 97.1 Å². The number of nitrogens with one attached hydrogen (secondary N) is 1. The number of amides is 1. The number of aromatic nitrogens is 3. The average molecular weight is 440 g/mol. The van der Waals surface area contributed by atoms with E-state index in [0.717, 1.165) is 5.56 Å². The minimum atomic E-state index is -2.97. The van der Waals surface area contributed by atoms with E-state index in [4.69, 9.17) is 0 Å². The summed E-state index contributed by atoms with van der Waals surface area (Å²) in [4.78, 5) is 33.4. The number of hydrogen-bond donors (Lipinski definition) is 2. The number of fused-ring (bicyclic) bond motifs is 1. The molecule has 0 aromatic carbocycles. The number of rotatable bonds is 6. The van der Waals surface area contributed by atoms with E-state index < -0.39 is 30.3 Å². The molecule has 2 atom stereocenters. The lowest BCUT2D eigenvalue weighted by molar-refractivity contribution is -0.119. The second kappa shape index (κ2) is 7.90. The molecule has 1 fully saturated rings. The van der Waals surface area contributed by atoms with Crippen LogP contribution in [0.2, 0.25) is 0 Å². The van der Waals surface area contributed by atoms with E-state index in [1.54, 1.807) is 31.5 Å². The van der Waals surface area contributed by atoms with E-state index in [1.807, 2.05) is 6.92 Å². The zero-order valence-corrected chi connectivity index (χ0v) is 17.6. The van der Waals surface area contributed by atoms with Crippen LogP contribution in [0.4, 0.5) is 14.6 Å². The fourth-order valence-electron chi connectivity index (χ4n) is 3.66. The molecule has 1 aliphatic rings. The number of alkyl halides is 2. The molecule has 1 aliphatic carbocycles. The lowest BCUT2D eigenvalue weighted by Gasteiger charge is -2.14. The maximum absolute atomic E-state index is 13.1. The van der Waals surface area contributed by atoms with Crippen molar-refractivity contribution < 1.29 is 18.7 Å². The normalized spacial score (nSPS) is 17.7. The van der Waals surface area contributed by atoms with Crippen LogP contribution in [-0.4, -0.2) is 31.5 Å². The molecule has 0 radical (unpaired) electrons. The predicted octanol–water partition coefficient (Wildman–Crippen LogP) is 3.51. The van der Waals surface area contributed by atoms with Crippen LogP contribution in [0.1, 0.15) is 30.2 Å². The number of carbonyl (C=O) groups is 1. The molecule has 9 heteroatoms. The van der Waals surface area contributed by atoms with Gasteiger partial charge in [0.25, 0.3) is 11.5 Å². The highest BCUT2D eigenvalue weighted by Gasteiger charge is 2.61. The Morgan fingerprint density at radius 1 is 1.34 bits per heavy atom. The maximum atomic E-state index is 13.1. The van der Waals surface area contributed by atoms with Gasteiger partial charge in [0.1, 0.15) is 11.7 Å². The highest BCUT2D eigenvalue weighted by molar-refractivity contribution is 5.96. The molecule has 1 saturated carbocycles. The van der Waals surface area contributed by atoms with Gasteiger partial charge in [-0.2, -0.15) is 0 Å². The van der Waals surface area contributed by atoms with Crippen molar-refractivity contribution in [3.63, 3.8) is 0 Å². The zero-order chi connectivity index (χ0) is 23.2. The number of hydrogen-bond acceptors (Lipinski definition) is 5. The third kappa shape index (κ3) is 3.91. The van der Waals surface area contributed by atoms with Crippen molar-refractivity contribution in [2.75, 3.05) is 5.32 Å². The van der Waals surface area contributed by atoms with Gasteiger partial charge in [-0.1, -0.05) is 6.08 Å². The first-order valence-corrected chi connectivity index (χ1v) is 10.1. The predicted molar refractivity (Wildman–Crippen MR) is 116 cm³/mol. The van der Waals surface area contributed by atoms with Gasteiger partial charge in [0.2, 0.25) is 5.91 Å². The van der Waals surface area contributed by atoms with Gasteiger partial charge in [-0.3, -0.25) is 14.6 Å². The first-order valence-electron chi connectivity index (χ1n) is 10.1. The molecule has 7 nitrogen and oxygen atoms in total. The minimum Gasteiger partial charge on any atom is -0.386 e. The second-order valence-corrected chi connectivity index (χ2v) is 8.02. The molecule has 1 amide bonds. The van der Waals surface area contributed by atoms with Crippen LogP contribution in [-0.2, 0) is 11.8 Å². The highest BCUT2D eigenvalue weighted by Crippen LogP contribution is 2.49. The SMILES string of the molecule is C=CC[C@H](O)c1cc(C)c(-c2cc3cnc(NC(=O)[C@H]4CC4(F)F)cc3n(C)c2=O)cn1. The summed E-state index contributed by atoms with van der Waals surface area (Å²) < 4.78 is 27.6. The van der Waals surface area contributed by atoms with Crippen molar-refractivity contribution >= 4 is 22.6 Å². The number of anilines is 1. The molecule has 166 valence electrons. The number of aliphatic hydroxyl groups is 1. The molecule has 0 unspecified atom stereocenters. The quantitative estimate of drug-likeness (QED) is 0.572. The van der Waals surface area contributed by atoms with Crippen molar-refractivity contribution in [3.8, 4) is 11.1 Å². The zero-order valence-electron chi connectivity index (χ0n) is 17.6. The van der Waals surface area contributed by atoms with E-state index in [9.17, 15) is 23.5 Å². The monoisotopic (exact) mass is 440 g/mol. The molecule has 0 aliphatic heterocycles. The fraction of sp³-hybridized carbons (Fsp3) is 0.304. The molecule has 3 aromatic rings. The molecule has 3 aromatic heterocycles. The van der Waals surface area contributed by atoms with Gasteiger partial charge < -0.3 is 15.0 Å². The Kier molecular flexibility index (Phi) is 5.37. The van der Waals surface area contributed by atoms with Crippen molar-refractivity contribution in [2.24, 2.45) is 13.0 Å². The molecule has 0 spiro atoms. The van der Waals surface area contributed by atoms with E-state index in [2.05, 4.69) is 21.9 Å². The Balaban J connectivity index is 1.69. The van der Waals surface area contributed by atoms with E-state index >= 15 is 0 Å². The fourth-order valence-corrected chi connectivity index (χ4v) is 3.66. The molecule has 3 heterocycles. The third-order valence-corrected chi connectivity index (χ3v) is 5.66. The molecule has 32 heavy (non-hydrogen) atoms. The van der Waals surface area contributed by atoms with Crippen LogP contribution in [0.3, 0.4) is 0 Å². The van der Waals surface area contributed by atoms with E-state index in [1.165, 1.54) is 16.8 Å². The molecular formula is C23H22F2N4O3. The van der Waals surface area contributed by atoms with Crippen LogP contribution in [0, 0.1) is 12.8 Å². The summed E-state index contributed by atoms with van der Waals surface area (Å²) in [5, 5.41) is 13.1. The van der Waals surface area contributed by atoms with Crippen LogP contribution < -0.4 is 10.9 Å². The van der Waals surface area contributed by atoms with Crippen LogP contribution in [0.15, 0.2) is 48.0 Å². The van der Waals surface area contributed by atoms with Gasteiger partial charge in [0, 0.05) is 48.4 Å². The number of aryl methyl sites for hydroxylation is 2. The summed E-state index contributed by atoms with van der Waals surface area (Å²) in [5.74, 6) is -4.99. The van der Waals surface area contributed by atoms with Crippen molar-refractivity contribution in [1.29, 1.82) is 0 Å². The van der Waals surface area contributed by atoms with Crippen molar-refractivity contribution in [2.45, 2.75) is 31.8 Å². The van der Waals surface area contributed by atoms with Crippen LogP contribution in [0.5, 0.6) is 0 Å². The number of carbonyl (C=O) groups excluding carboxylic acids is 1. The summed E-state index contributed by atoms with van der Waals surface area (Å²) in [6, 6.07) is 4.89. The number of nitrogens with zero attached hydrogens (tertiary/aromatic N) is 3. The van der Waals surface area contributed by atoms with Crippen LogP contribution >= 0.6 is 0 Å². The summed E-state index contributed by atoms with van der Waals surface area (Å²) in [7, 11) is 1.58. The largest absolute Gasteiger partial charge is 0.386 e. The summed E-state index contributed by atoms with van der Waals surface area (Å²) in [6.45, 7) is 5.44. The third-order valence-electron chi connectivity index (χ3n) is 5.66. The van der Waals surface area contributed by atoms with Gasteiger partial charge in [-0.15, -0.1) is 6.58 Å².